The standard InChI is InChI=1S/C5H13N5.2CH4/c1-3-9-5(7)10-4(6)8-2;;/h3H2,1-2H3,(H5,6,7,8,9,10);2*1H4. The van der Waals surface area contributed by atoms with Crippen LogP contribution in [0.15, 0.2) is 9.98 Å². The fourth-order valence-electron chi connectivity index (χ4n) is 0.397. The van der Waals surface area contributed by atoms with Crippen LogP contribution in [0.2, 0.25) is 0 Å². The van der Waals surface area contributed by atoms with Crippen molar-refractivity contribution in [2.75, 3.05) is 13.6 Å². The Morgan fingerprint density at radius 2 is 1.75 bits per heavy atom. The van der Waals surface area contributed by atoms with Gasteiger partial charge in [0.15, 0.2) is 11.9 Å². The molecule has 0 fully saturated rings. The van der Waals surface area contributed by atoms with Gasteiger partial charge in [0.2, 0.25) is 0 Å². The van der Waals surface area contributed by atoms with Crippen LogP contribution in [0.1, 0.15) is 21.8 Å². The van der Waals surface area contributed by atoms with Crippen LogP contribution >= 0.6 is 0 Å². The molecular weight excluding hydrogens is 154 g/mol. The lowest BCUT2D eigenvalue weighted by Gasteiger charge is -2.01. The lowest BCUT2D eigenvalue weighted by molar-refractivity contribution is 1.08. The van der Waals surface area contributed by atoms with E-state index in [1.54, 1.807) is 7.05 Å². The van der Waals surface area contributed by atoms with Crippen LogP contribution in [0.25, 0.3) is 0 Å². The molecule has 0 heterocycles. The van der Waals surface area contributed by atoms with Crippen LogP contribution in [0.5, 0.6) is 0 Å². The molecule has 0 aromatic heterocycles. The molecule has 0 aromatic carbocycles. The Bertz CT molecular complexity index is 150. The highest BCUT2D eigenvalue weighted by Crippen LogP contribution is 1.65. The van der Waals surface area contributed by atoms with E-state index < -0.39 is 0 Å². The fourth-order valence-corrected chi connectivity index (χ4v) is 0.397. The molecule has 0 aliphatic carbocycles. The molecule has 0 aliphatic rings. The molecule has 0 aliphatic heterocycles. The maximum atomic E-state index is 5.34. The van der Waals surface area contributed by atoms with Crippen molar-refractivity contribution in [3.05, 3.63) is 0 Å². The molecule has 0 saturated heterocycles. The second-order valence-electron chi connectivity index (χ2n) is 1.59. The Balaban J connectivity index is -0.000000405. The molecule has 0 rings (SSSR count). The molecule has 0 spiro atoms. The average Bonchev–Trinajstić information content (AvgIpc) is 1.88. The van der Waals surface area contributed by atoms with Gasteiger partial charge in [-0.25, -0.2) is 0 Å². The normalized spacial score (nSPS) is 11.2. The first-order valence-electron chi connectivity index (χ1n) is 3.00. The second kappa shape index (κ2) is 9.74. The molecule has 0 saturated carbocycles. The van der Waals surface area contributed by atoms with Gasteiger partial charge in [-0.05, 0) is 6.92 Å². The van der Waals surface area contributed by atoms with Crippen LogP contribution in [0.3, 0.4) is 0 Å². The number of guanidine groups is 2. The Labute approximate surface area is 75.0 Å². The van der Waals surface area contributed by atoms with Gasteiger partial charge in [0.1, 0.15) is 0 Å². The van der Waals surface area contributed by atoms with Crippen molar-refractivity contribution in [2.45, 2.75) is 21.8 Å². The van der Waals surface area contributed by atoms with Crippen LogP contribution in [-0.4, -0.2) is 25.5 Å². The third-order valence-electron chi connectivity index (χ3n) is 0.826. The number of rotatable bonds is 1. The smallest absolute Gasteiger partial charge is 0.195 e. The summed E-state index contributed by atoms with van der Waals surface area (Å²) in [4.78, 5) is 7.47. The zero-order chi connectivity index (χ0) is 7.98. The lowest BCUT2D eigenvalue weighted by Crippen LogP contribution is -2.41. The number of hydrogen-bond donors (Lipinski definition) is 3. The summed E-state index contributed by atoms with van der Waals surface area (Å²) in [5.74, 6) is 0.570. The van der Waals surface area contributed by atoms with Crippen molar-refractivity contribution in [1.29, 1.82) is 0 Å². The largest absolute Gasteiger partial charge is 0.370 e. The van der Waals surface area contributed by atoms with Gasteiger partial charge in [0.25, 0.3) is 0 Å². The first-order chi connectivity index (χ1) is 4.70. The summed E-state index contributed by atoms with van der Waals surface area (Å²) in [6.45, 7) is 2.52. The lowest BCUT2D eigenvalue weighted by atomic mass is 10.7. The maximum Gasteiger partial charge on any atom is 0.195 e. The van der Waals surface area contributed by atoms with Gasteiger partial charge in [-0.2, -0.15) is 0 Å². The van der Waals surface area contributed by atoms with Gasteiger partial charge in [0, 0.05) is 13.6 Å². The van der Waals surface area contributed by atoms with Crippen LogP contribution in [0, 0.1) is 0 Å². The van der Waals surface area contributed by atoms with Crippen molar-refractivity contribution >= 4 is 11.9 Å². The first kappa shape index (κ1) is 17.0. The Hall–Kier alpha value is -1.26. The average molecular weight is 175 g/mol. The molecule has 0 bridgehead atoms. The van der Waals surface area contributed by atoms with Gasteiger partial charge < -0.3 is 11.5 Å². The Morgan fingerprint density at radius 3 is 2.08 bits per heavy atom. The molecule has 0 amide bonds. The minimum atomic E-state index is 0. The Morgan fingerprint density at radius 1 is 1.25 bits per heavy atom. The number of hydrogen-bond acceptors (Lipinski definition) is 2. The molecule has 0 aromatic rings. The summed E-state index contributed by atoms with van der Waals surface area (Å²) in [5, 5.41) is 2.59. The molecule has 5 nitrogen and oxygen atoms in total. The number of aliphatic imine (C=N–C) groups is 2. The fraction of sp³-hybridized carbons (Fsp3) is 0.714. The minimum Gasteiger partial charge on any atom is -0.370 e. The van der Waals surface area contributed by atoms with E-state index in [0.717, 1.165) is 0 Å². The SMILES string of the molecule is C.C.CCN=C(N)NC(N)=NC. The molecule has 5 N–H and O–H groups in total. The summed E-state index contributed by atoms with van der Waals surface area (Å²) in [6, 6.07) is 0. The van der Waals surface area contributed by atoms with Crippen molar-refractivity contribution < 1.29 is 0 Å². The van der Waals surface area contributed by atoms with Gasteiger partial charge >= 0.3 is 0 Å². The van der Waals surface area contributed by atoms with Crippen molar-refractivity contribution in [1.82, 2.24) is 5.32 Å². The van der Waals surface area contributed by atoms with Gasteiger partial charge in [-0.1, -0.05) is 14.9 Å². The van der Waals surface area contributed by atoms with E-state index in [2.05, 4.69) is 15.3 Å². The van der Waals surface area contributed by atoms with E-state index in [9.17, 15) is 0 Å². The van der Waals surface area contributed by atoms with E-state index in [1.807, 2.05) is 6.92 Å². The summed E-state index contributed by atoms with van der Waals surface area (Å²) in [5.41, 5.74) is 10.6. The van der Waals surface area contributed by atoms with Crippen LogP contribution in [-0.2, 0) is 0 Å². The highest BCUT2D eigenvalue weighted by molar-refractivity contribution is 5.96. The number of nitrogens with one attached hydrogen (secondary N) is 1. The van der Waals surface area contributed by atoms with Gasteiger partial charge in [-0.3, -0.25) is 15.3 Å². The van der Waals surface area contributed by atoms with Crippen LogP contribution < -0.4 is 16.8 Å². The molecule has 74 valence electrons. The molecule has 12 heavy (non-hydrogen) atoms. The third kappa shape index (κ3) is 8.74. The summed E-state index contributed by atoms with van der Waals surface area (Å²) >= 11 is 0. The molecule has 0 unspecified atom stereocenters. The minimum absolute atomic E-state index is 0. The highest BCUT2D eigenvalue weighted by atomic mass is 15.2. The van der Waals surface area contributed by atoms with Crippen LogP contribution in [0.4, 0.5) is 0 Å². The van der Waals surface area contributed by atoms with E-state index in [4.69, 9.17) is 11.5 Å². The van der Waals surface area contributed by atoms with E-state index in [1.165, 1.54) is 0 Å². The zero-order valence-electron chi connectivity index (χ0n) is 6.26. The first-order valence-corrected chi connectivity index (χ1v) is 3.00. The summed E-state index contributed by atoms with van der Waals surface area (Å²) in [6.07, 6.45) is 0. The molecule has 0 atom stereocenters. The number of nitrogens with zero attached hydrogens (tertiary/aromatic N) is 2. The monoisotopic (exact) mass is 175 g/mol. The molecular formula is C7H21N5. The van der Waals surface area contributed by atoms with Crippen molar-refractivity contribution in [2.24, 2.45) is 21.5 Å². The van der Waals surface area contributed by atoms with Crippen molar-refractivity contribution in [3.8, 4) is 0 Å². The highest BCUT2D eigenvalue weighted by Gasteiger charge is 1.89. The maximum absolute atomic E-state index is 5.34. The van der Waals surface area contributed by atoms with E-state index in [-0.39, 0.29) is 20.8 Å². The molecule has 5 heteroatoms. The summed E-state index contributed by atoms with van der Waals surface area (Å²) in [7, 11) is 1.57. The topological polar surface area (TPSA) is 88.8 Å². The Kier molecular flexibility index (Phi) is 13.8. The third-order valence-corrected chi connectivity index (χ3v) is 0.826. The summed E-state index contributed by atoms with van der Waals surface area (Å²) < 4.78 is 0. The molecule has 0 radical (unpaired) electrons. The van der Waals surface area contributed by atoms with Crippen molar-refractivity contribution in [3.63, 3.8) is 0 Å². The zero-order valence-corrected chi connectivity index (χ0v) is 6.26. The predicted molar refractivity (Wildman–Crippen MR) is 56.3 cm³/mol. The van der Waals surface area contributed by atoms with E-state index >= 15 is 0 Å². The van der Waals surface area contributed by atoms with Gasteiger partial charge in [-0.15, -0.1) is 0 Å². The predicted octanol–water partition coefficient (Wildman–Crippen LogP) is 0.127. The second-order valence-corrected chi connectivity index (χ2v) is 1.59. The van der Waals surface area contributed by atoms with E-state index in [0.29, 0.717) is 12.5 Å². The quantitative estimate of drug-likeness (QED) is 0.391. The van der Waals surface area contributed by atoms with Gasteiger partial charge in [0.05, 0.1) is 0 Å². The number of nitrogens with two attached hydrogens (primary N) is 2.